The van der Waals surface area contributed by atoms with Crippen LogP contribution in [0.3, 0.4) is 0 Å². The van der Waals surface area contributed by atoms with Crippen molar-refractivity contribution >= 4 is 24.3 Å². The normalized spacial score (nSPS) is 33.8. The Hall–Kier alpha value is 0.768. The molecule has 66 valence electrons. The zero-order chi connectivity index (χ0) is 8.48. The van der Waals surface area contributed by atoms with Gasteiger partial charge < -0.3 is 0 Å². The first-order valence-corrected chi connectivity index (χ1v) is 7.71. The van der Waals surface area contributed by atoms with E-state index < -0.39 is 14.4 Å². The van der Waals surface area contributed by atoms with Crippen molar-refractivity contribution in [3.8, 4) is 0 Å². The summed E-state index contributed by atoms with van der Waals surface area (Å²) in [5, 5.41) is 0. The van der Waals surface area contributed by atoms with Crippen LogP contribution in [0, 0.1) is 11.3 Å². The van der Waals surface area contributed by atoms with E-state index in [0.29, 0.717) is 5.92 Å². The van der Waals surface area contributed by atoms with Crippen LogP contribution >= 0.6 is 9.95 Å². The third-order valence-corrected chi connectivity index (χ3v) is 4.47. The van der Waals surface area contributed by atoms with E-state index >= 15 is 0 Å². The SMILES string of the molecule is CC(C)(C)C1CO[As](Cl)OC1. The van der Waals surface area contributed by atoms with Crippen LogP contribution in [-0.4, -0.2) is 27.6 Å². The van der Waals surface area contributed by atoms with Crippen LogP contribution in [0.1, 0.15) is 20.8 Å². The average Bonchev–Trinajstić information content (AvgIpc) is 1.86. The van der Waals surface area contributed by atoms with Crippen molar-refractivity contribution in [1.82, 2.24) is 0 Å². The summed E-state index contributed by atoms with van der Waals surface area (Å²) in [6.07, 6.45) is 0. The molecular weight excluding hydrogens is 226 g/mol. The van der Waals surface area contributed by atoms with E-state index in [-0.39, 0.29) is 5.41 Å². The summed E-state index contributed by atoms with van der Waals surface area (Å²) in [7, 11) is 5.73. The van der Waals surface area contributed by atoms with Gasteiger partial charge in [-0.15, -0.1) is 0 Å². The van der Waals surface area contributed by atoms with E-state index in [1.807, 2.05) is 0 Å². The molecule has 0 bridgehead atoms. The van der Waals surface area contributed by atoms with Gasteiger partial charge in [0, 0.05) is 0 Å². The Balaban J connectivity index is 2.39. The molecule has 0 atom stereocenters. The van der Waals surface area contributed by atoms with Crippen LogP contribution < -0.4 is 0 Å². The fraction of sp³-hybridized carbons (Fsp3) is 1.00. The molecule has 2 nitrogen and oxygen atoms in total. The molecule has 0 aliphatic carbocycles. The Morgan fingerprint density at radius 2 is 1.73 bits per heavy atom. The molecular formula is C7H14AsClO2. The van der Waals surface area contributed by atoms with Crippen LogP contribution in [0.15, 0.2) is 0 Å². The van der Waals surface area contributed by atoms with Crippen molar-refractivity contribution in [1.29, 1.82) is 0 Å². The fourth-order valence-corrected chi connectivity index (χ4v) is 2.87. The van der Waals surface area contributed by atoms with Crippen molar-refractivity contribution in [2.45, 2.75) is 20.8 Å². The minimum atomic E-state index is -1.79. The molecule has 0 aromatic carbocycles. The van der Waals surface area contributed by atoms with Gasteiger partial charge in [-0.05, 0) is 0 Å². The van der Waals surface area contributed by atoms with Crippen molar-refractivity contribution in [2.75, 3.05) is 13.2 Å². The van der Waals surface area contributed by atoms with E-state index in [2.05, 4.69) is 20.8 Å². The van der Waals surface area contributed by atoms with Crippen molar-refractivity contribution < 1.29 is 7.45 Å². The van der Waals surface area contributed by atoms with Crippen LogP contribution in [0.4, 0.5) is 0 Å². The van der Waals surface area contributed by atoms with E-state index in [1.54, 1.807) is 0 Å². The third kappa shape index (κ3) is 2.94. The van der Waals surface area contributed by atoms with Gasteiger partial charge >= 0.3 is 77.1 Å². The molecule has 11 heavy (non-hydrogen) atoms. The topological polar surface area (TPSA) is 18.5 Å². The van der Waals surface area contributed by atoms with Gasteiger partial charge in [0.15, 0.2) is 0 Å². The summed E-state index contributed by atoms with van der Waals surface area (Å²) in [5.74, 6) is 0.492. The van der Waals surface area contributed by atoms with Crippen molar-refractivity contribution in [2.24, 2.45) is 11.3 Å². The molecule has 0 amide bonds. The van der Waals surface area contributed by atoms with E-state index in [4.69, 9.17) is 17.4 Å². The Morgan fingerprint density at radius 3 is 2.09 bits per heavy atom. The predicted molar refractivity (Wildman–Crippen MR) is 46.5 cm³/mol. The third-order valence-electron chi connectivity index (χ3n) is 1.98. The van der Waals surface area contributed by atoms with Gasteiger partial charge in [-0.2, -0.15) is 0 Å². The summed E-state index contributed by atoms with van der Waals surface area (Å²) in [6.45, 7) is 8.13. The maximum absolute atomic E-state index is 5.73. The molecule has 1 aliphatic rings. The zero-order valence-electron chi connectivity index (χ0n) is 7.13. The molecule has 0 unspecified atom stereocenters. The summed E-state index contributed by atoms with van der Waals surface area (Å²) in [6, 6.07) is 0. The molecule has 1 saturated heterocycles. The molecule has 1 heterocycles. The quantitative estimate of drug-likeness (QED) is 0.602. The Morgan fingerprint density at radius 1 is 1.27 bits per heavy atom. The molecule has 4 heteroatoms. The average molecular weight is 241 g/mol. The van der Waals surface area contributed by atoms with E-state index in [0.717, 1.165) is 13.2 Å². The maximum atomic E-state index is 5.73. The van der Waals surface area contributed by atoms with E-state index in [1.165, 1.54) is 0 Å². The molecule has 0 radical (unpaired) electrons. The van der Waals surface area contributed by atoms with Gasteiger partial charge in [0.2, 0.25) is 0 Å². The number of hydrogen-bond acceptors (Lipinski definition) is 2. The molecule has 1 rings (SSSR count). The van der Waals surface area contributed by atoms with Gasteiger partial charge in [-0.3, -0.25) is 0 Å². The monoisotopic (exact) mass is 240 g/mol. The van der Waals surface area contributed by atoms with Crippen LogP contribution in [-0.2, 0) is 7.45 Å². The van der Waals surface area contributed by atoms with Crippen LogP contribution in [0.5, 0.6) is 0 Å². The van der Waals surface area contributed by atoms with Crippen molar-refractivity contribution in [3.05, 3.63) is 0 Å². The zero-order valence-corrected chi connectivity index (χ0v) is 9.77. The molecule has 1 fully saturated rings. The second-order valence-corrected chi connectivity index (χ2v) is 7.28. The van der Waals surface area contributed by atoms with Gasteiger partial charge in [0.05, 0.1) is 0 Å². The molecule has 0 N–H and O–H groups in total. The summed E-state index contributed by atoms with van der Waals surface area (Å²) in [4.78, 5) is 0. The minimum absolute atomic E-state index is 0.270. The Labute approximate surface area is 77.3 Å². The Kier molecular flexibility index (Phi) is 3.27. The molecule has 0 saturated carbocycles. The van der Waals surface area contributed by atoms with Gasteiger partial charge in [-0.1, -0.05) is 0 Å². The summed E-state index contributed by atoms with van der Waals surface area (Å²) < 4.78 is 10.6. The first-order chi connectivity index (χ1) is 5.00. The number of hydrogen-bond donors (Lipinski definition) is 0. The molecule has 0 spiro atoms. The first kappa shape index (κ1) is 9.85. The standard InChI is InChI=1S/C7H14AsClO2/c1-7(2,3)6-4-10-8(9)11-5-6/h6H,4-5H2,1-3H3. The van der Waals surface area contributed by atoms with Crippen molar-refractivity contribution in [3.63, 3.8) is 0 Å². The molecule has 0 aromatic rings. The second-order valence-electron chi connectivity index (χ2n) is 3.87. The van der Waals surface area contributed by atoms with Crippen LogP contribution in [0.25, 0.3) is 0 Å². The summed E-state index contributed by atoms with van der Waals surface area (Å²) >= 11 is -1.79. The van der Waals surface area contributed by atoms with Gasteiger partial charge in [0.1, 0.15) is 0 Å². The number of halogens is 1. The van der Waals surface area contributed by atoms with Crippen LogP contribution in [0.2, 0.25) is 0 Å². The summed E-state index contributed by atoms with van der Waals surface area (Å²) in [5.41, 5.74) is 0.270. The first-order valence-electron chi connectivity index (χ1n) is 3.72. The second kappa shape index (κ2) is 3.65. The van der Waals surface area contributed by atoms with E-state index in [9.17, 15) is 0 Å². The van der Waals surface area contributed by atoms with Gasteiger partial charge in [-0.25, -0.2) is 0 Å². The predicted octanol–water partition coefficient (Wildman–Crippen LogP) is 1.92. The fourth-order valence-electron chi connectivity index (χ4n) is 0.883. The molecule has 1 aliphatic heterocycles. The molecule has 0 aromatic heterocycles. The van der Waals surface area contributed by atoms with Gasteiger partial charge in [0.25, 0.3) is 0 Å². The number of rotatable bonds is 0. The Bertz CT molecular complexity index is 127.